The predicted molar refractivity (Wildman–Crippen MR) is 112 cm³/mol. The second-order valence-corrected chi connectivity index (χ2v) is 10.6. The summed E-state index contributed by atoms with van der Waals surface area (Å²) in [5.41, 5.74) is 1.46. The van der Waals surface area contributed by atoms with E-state index >= 15 is 0 Å². The number of halogens is 1. The van der Waals surface area contributed by atoms with E-state index in [1.807, 2.05) is 12.1 Å². The van der Waals surface area contributed by atoms with Gasteiger partial charge in [-0.2, -0.15) is 0 Å². The number of sulfone groups is 1. The topological polar surface area (TPSA) is 67.3 Å². The van der Waals surface area contributed by atoms with Crippen LogP contribution in [0.15, 0.2) is 47.4 Å². The molecule has 2 aromatic carbocycles. The maximum Gasteiger partial charge on any atom is 0.253 e. The molecule has 1 aromatic heterocycles. The highest BCUT2D eigenvalue weighted by molar-refractivity contribution is 7.92. The molecule has 8 heteroatoms. The molecule has 146 valence electrons. The van der Waals surface area contributed by atoms with Gasteiger partial charge < -0.3 is 4.90 Å². The molecular formula is C20H19ClN2O3S2. The molecule has 3 aromatic rings. The van der Waals surface area contributed by atoms with Gasteiger partial charge in [-0.3, -0.25) is 4.79 Å². The smallest absolute Gasteiger partial charge is 0.253 e. The van der Waals surface area contributed by atoms with Gasteiger partial charge in [-0.1, -0.05) is 18.5 Å². The zero-order chi connectivity index (χ0) is 19.9. The van der Waals surface area contributed by atoms with Crippen LogP contribution in [0.3, 0.4) is 0 Å². The van der Waals surface area contributed by atoms with E-state index in [0.717, 1.165) is 21.6 Å². The molecule has 1 fully saturated rings. The maximum atomic E-state index is 12.9. The highest BCUT2D eigenvalue weighted by Gasteiger charge is 2.36. The lowest BCUT2D eigenvalue weighted by Crippen LogP contribution is -2.31. The Hall–Kier alpha value is -1.96. The Bertz CT molecular complexity index is 1140. The predicted octanol–water partition coefficient (Wildman–Crippen LogP) is 4.20. The zero-order valence-electron chi connectivity index (χ0n) is 15.3. The van der Waals surface area contributed by atoms with Crippen molar-refractivity contribution < 1.29 is 13.2 Å². The van der Waals surface area contributed by atoms with E-state index in [0.29, 0.717) is 23.6 Å². The summed E-state index contributed by atoms with van der Waals surface area (Å²) in [6.07, 6.45) is 1.29. The summed E-state index contributed by atoms with van der Waals surface area (Å²) in [6, 6.07) is 11.7. The van der Waals surface area contributed by atoms with E-state index in [-0.39, 0.29) is 17.3 Å². The first-order valence-electron chi connectivity index (χ1n) is 9.06. The number of hydrogen-bond donors (Lipinski definition) is 0. The van der Waals surface area contributed by atoms with Crippen molar-refractivity contribution >= 4 is 48.9 Å². The van der Waals surface area contributed by atoms with Crippen molar-refractivity contribution in [3.8, 4) is 0 Å². The van der Waals surface area contributed by atoms with E-state index in [9.17, 15) is 13.2 Å². The van der Waals surface area contributed by atoms with Crippen LogP contribution < -0.4 is 0 Å². The molecule has 1 aliphatic rings. The third-order valence-electron chi connectivity index (χ3n) is 5.00. The highest BCUT2D eigenvalue weighted by atomic mass is 35.5. The standard InChI is InChI=1S/C20H19ClN2O3S2/c1-2-19-22-17-8-3-13(11-18(17)27-19)20(24)23-10-9-16(12-23)28(25,26)15-6-4-14(21)5-7-15/h3-8,11,16H,2,9-10,12H2,1H3/t16-/m0/s1. The van der Waals surface area contributed by atoms with Gasteiger partial charge in [0.15, 0.2) is 9.84 Å². The molecular weight excluding hydrogens is 416 g/mol. The second-order valence-electron chi connectivity index (χ2n) is 6.80. The Kier molecular flexibility index (Phi) is 5.16. The minimum Gasteiger partial charge on any atom is -0.337 e. The quantitative estimate of drug-likeness (QED) is 0.617. The normalized spacial score (nSPS) is 17.4. The minimum atomic E-state index is -3.50. The van der Waals surface area contributed by atoms with Gasteiger partial charge in [0, 0.05) is 23.7 Å². The van der Waals surface area contributed by atoms with Crippen molar-refractivity contribution in [1.82, 2.24) is 9.88 Å². The monoisotopic (exact) mass is 434 g/mol. The Morgan fingerprint density at radius 3 is 2.71 bits per heavy atom. The van der Waals surface area contributed by atoms with Gasteiger partial charge in [-0.05, 0) is 55.3 Å². The lowest BCUT2D eigenvalue weighted by atomic mass is 10.2. The van der Waals surface area contributed by atoms with Crippen molar-refractivity contribution in [3.63, 3.8) is 0 Å². The average molecular weight is 435 g/mol. The molecule has 1 amide bonds. The molecule has 0 saturated carbocycles. The second kappa shape index (κ2) is 7.46. The van der Waals surface area contributed by atoms with Crippen LogP contribution in [0.25, 0.3) is 10.2 Å². The molecule has 1 atom stereocenters. The van der Waals surface area contributed by atoms with Crippen LogP contribution in [0.5, 0.6) is 0 Å². The van der Waals surface area contributed by atoms with Crippen LogP contribution in [0.4, 0.5) is 0 Å². The number of fused-ring (bicyclic) bond motifs is 1. The summed E-state index contributed by atoms with van der Waals surface area (Å²) in [4.78, 5) is 19.3. The third-order valence-corrected chi connectivity index (χ3v) is 8.60. The fourth-order valence-corrected chi connectivity index (χ4v) is 6.19. The number of hydrogen-bond acceptors (Lipinski definition) is 5. The minimum absolute atomic E-state index is 0.137. The third kappa shape index (κ3) is 3.54. The summed E-state index contributed by atoms with van der Waals surface area (Å²) in [5, 5.41) is 0.929. The number of benzene rings is 2. The maximum absolute atomic E-state index is 12.9. The van der Waals surface area contributed by atoms with Crippen molar-refractivity contribution in [3.05, 3.63) is 58.1 Å². The molecule has 2 heterocycles. The molecule has 0 bridgehead atoms. The van der Waals surface area contributed by atoms with Crippen LogP contribution in [0.2, 0.25) is 5.02 Å². The summed E-state index contributed by atoms with van der Waals surface area (Å²) >= 11 is 7.44. The van der Waals surface area contributed by atoms with E-state index in [1.165, 1.54) is 12.1 Å². The lowest BCUT2D eigenvalue weighted by Gasteiger charge is -2.17. The van der Waals surface area contributed by atoms with Crippen LogP contribution in [-0.2, 0) is 16.3 Å². The molecule has 4 rings (SSSR count). The van der Waals surface area contributed by atoms with E-state index in [1.54, 1.807) is 34.4 Å². The average Bonchev–Trinajstić information content (AvgIpc) is 3.34. The number of carbonyl (C=O) groups excluding carboxylic acids is 1. The number of carbonyl (C=O) groups is 1. The van der Waals surface area contributed by atoms with Crippen molar-refractivity contribution in [1.29, 1.82) is 0 Å². The van der Waals surface area contributed by atoms with Crippen molar-refractivity contribution in [2.45, 2.75) is 29.9 Å². The van der Waals surface area contributed by atoms with Gasteiger partial charge >= 0.3 is 0 Å². The van der Waals surface area contributed by atoms with Gasteiger partial charge in [0.25, 0.3) is 5.91 Å². The van der Waals surface area contributed by atoms with Crippen molar-refractivity contribution in [2.24, 2.45) is 0 Å². The fourth-order valence-electron chi connectivity index (χ4n) is 3.42. The molecule has 28 heavy (non-hydrogen) atoms. The van der Waals surface area contributed by atoms with Crippen LogP contribution in [0, 0.1) is 0 Å². The number of thiazole rings is 1. The van der Waals surface area contributed by atoms with Crippen molar-refractivity contribution in [2.75, 3.05) is 13.1 Å². The largest absolute Gasteiger partial charge is 0.337 e. The molecule has 0 N–H and O–H groups in total. The van der Waals surface area contributed by atoms with E-state index < -0.39 is 15.1 Å². The number of rotatable bonds is 4. The van der Waals surface area contributed by atoms with E-state index in [2.05, 4.69) is 11.9 Å². The van der Waals surface area contributed by atoms with Crippen LogP contribution in [0.1, 0.15) is 28.7 Å². The summed E-state index contributed by atoms with van der Waals surface area (Å²) in [7, 11) is -3.50. The fraction of sp³-hybridized carbons (Fsp3) is 0.300. The number of amides is 1. The van der Waals surface area contributed by atoms with Crippen LogP contribution in [-0.4, -0.2) is 42.5 Å². The van der Waals surface area contributed by atoms with Crippen LogP contribution >= 0.6 is 22.9 Å². The Morgan fingerprint density at radius 1 is 1.25 bits per heavy atom. The Morgan fingerprint density at radius 2 is 2.00 bits per heavy atom. The van der Waals surface area contributed by atoms with Gasteiger partial charge in [-0.15, -0.1) is 11.3 Å². The molecule has 1 saturated heterocycles. The summed E-state index contributed by atoms with van der Waals surface area (Å²) in [5.74, 6) is -0.137. The molecule has 0 aliphatic carbocycles. The molecule has 5 nitrogen and oxygen atoms in total. The summed E-state index contributed by atoms with van der Waals surface area (Å²) < 4.78 is 26.7. The SMILES string of the molecule is CCc1nc2ccc(C(=O)N3CC[C@H](S(=O)(=O)c4ccc(Cl)cc4)C3)cc2s1. The van der Waals surface area contributed by atoms with E-state index in [4.69, 9.17) is 11.6 Å². The molecule has 0 spiro atoms. The van der Waals surface area contributed by atoms with Gasteiger partial charge in [0.05, 0.1) is 25.4 Å². The highest BCUT2D eigenvalue weighted by Crippen LogP contribution is 2.28. The Balaban J connectivity index is 1.53. The molecule has 0 unspecified atom stereocenters. The molecule has 0 radical (unpaired) electrons. The first-order chi connectivity index (χ1) is 13.4. The van der Waals surface area contributed by atoms with Gasteiger partial charge in [0.1, 0.15) is 0 Å². The number of likely N-dealkylation sites (tertiary alicyclic amines) is 1. The number of nitrogens with zero attached hydrogens (tertiary/aromatic N) is 2. The van der Waals surface area contributed by atoms with Gasteiger partial charge in [-0.25, -0.2) is 13.4 Å². The Labute approximate surface area is 172 Å². The molecule has 1 aliphatic heterocycles. The first-order valence-corrected chi connectivity index (χ1v) is 11.8. The summed E-state index contributed by atoms with van der Waals surface area (Å²) in [6.45, 7) is 2.68. The lowest BCUT2D eigenvalue weighted by molar-refractivity contribution is 0.0793. The van der Waals surface area contributed by atoms with Gasteiger partial charge in [0.2, 0.25) is 0 Å². The number of aromatic nitrogens is 1. The zero-order valence-corrected chi connectivity index (χ0v) is 17.6. The first kappa shape index (κ1) is 19.4. The number of aryl methyl sites for hydroxylation is 1.